The highest BCUT2D eigenvalue weighted by Gasteiger charge is 2.35. The lowest BCUT2D eigenvalue weighted by Gasteiger charge is -2.37. The fourth-order valence-electron chi connectivity index (χ4n) is 4.49. The first-order valence-corrected chi connectivity index (χ1v) is 12.0. The summed E-state index contributed by atoms with van der Waals surface area (Å²) >= 11 is 1.72. The smallest absolute Gasteiger partial charge is 0.241 e. The van der Waals surface area contributed by atoms with Crippen LogP contribution >= 0.6 is 11.3 Å². The van der Waals surface area contributed by atoms with Crippen molar-refractivity contribution < 1.29 is 4.79 Å². The van der Waals surface area contributed by atoms with E-state index in [1.807, 2.05) is 11.0 Å². The Bertz CT molecular complexity index is 1070. The molecule has 2 aliphatic rings. The van der Waals surface area contributed by atoms with E-state index in [0.717, 1.165) is 48.9 Å². The Kier molecular flexibility index (Phi) is 5.95. The molecular formula is C25H29N5OS. The van der Waals surface area contributed by atoms with Crippen molar-refractivity contribution in [2.75, 3.05) is 31.1 Å². The topological polar surface area (TPSA) is 60.5 Å². The van der Waals surface area contributed by atoms with Crippen LogP contribution in [0.1, 0.15) is 28.6 Å². The highest BCUT2D eigenvalue weighted by Crippen LogP contribution is 2.35. The van der Waals surface area contributed by atoms with Crippen LogP contribution in [0.3, 0.4) is 0 Å². The number of piperazine rings is 1. The summed E-state index contributed by atoms with van der Waals surface area (Å²) in [5.41, 5.74) is 11.3. The van der Waals surface area contributed by atoms with E-state index < -0.39 is 0 Å². The van der Waals surface area contributed by atoms with Gasteiger partial charge in [0.2, 0.25) is 5.91 Å². The number of aromatic nitrogens is 1. The fourth-order valence-corrected chi connectivity index (χ4v) is 5.62. The van der Waals surface area contributed by atoms with Gasteiger partial charge in [-0.25, -0.2) is 15.8 Å². The summed E-state index contributed by atoms with van der Waals surface area (Å²) in [5, 5.41) is 1.03. The maximum atomic E-state index is 13.2. The summed E-state index contributed by atoms with van der Waals surface area (Å²) in [4.78, 5) is 23.5. The van der Waals surface area contributed by atoms with Gasteiger partial charge in [-0.15, -0.1) is 11.3 Å². The van der Waals surface area contributed by atoms with Gasteiger partial charge in [-0.3, -0.25) is 4.79 Å². The summed E-state index contributed by atoms with van der Waals surface area (Å²) in [5.74, 6) is 0.189. The first-order chi connectivity index (χ1) is 15.6. The van der Waals surface area contributed by atoms with Crippen LogP contribution in [0.2, 0.25) is 0 Å². The average molecular weight is 448 g/mol. The molecule has 2 fully saturated rings. The van der Waals surface area contributed by atoms with Crippen LogP contribution < -0.4 is 15.8 Å². The average Bonchev–Trinajstić information content (AvgIpc) is 3.47. The molecule has 7 heteroatoms. The van der Waals surface area contributed by atoms with Crippen LogP contribution in [0.4, 0.5) is 5.69 Å². The molecule has 6 nitrogen and oxygen atoms in total. The normalized spacial score (nSPS) is 21.2. The van der Waals surface area contributed by atoms with Gasteiger partial charge in [0.1, 0.15) is 11.0 Å². The van der Waals surface area contributed by atoms with E-state index in [2.05, 4.69) is 78.1 Å². The third-order valence-electron chi connectivity index (χ3n) is 6.36. The molecule has 1 amide bonds. The van der Waals surface area contributed by atoms with E-state index in [0.29, 0.717) is 0 Å². The van der Waals surface area contributed by atoms with Crippen molar-refractivity contribution in [1.82, 2.24) is 20.7 Å². The molecule has 3 heterocycles. The van der Waals surface area contributed by atoms with Gasteiger partial charge < -0.3 is 9.80 Å². The lowest BCUT2D eigenvalue weighted by molar-refractivity contribution is -0.133. The molecule has 2 unspecified atom stereocenters. The van der Waals surface area contributed by atoms with Crippen molar-refractivity contribution in [3.63, 3.8) is 0 Å². The first-order valence-electron chi connectivity index (χ1n) is 11.2. The highest BCUT2D eigenvalue weighted by atomic mass is 32.1. The predicted molar refractivity (Wildman–Crippen MR) is 130 cm³/mol. The van der Waals surface area contributed by atoms with Crippen LogP contribution in [0.5, 0.6) is 0 Å². The Hall–Kier alpha value is -2.74. The minimum atomic E-state index is -0.201. The number of anilines is 1. The van der Waals surface area contributed by atoms with E-state index in [4.69, 9.17) is 4.98 Å². The molecule has 2 aliphatic heterocycles. The van der Waals surface area contributed by atoms with E-state index >= 15 is 0 Å². The van der Waals surface area contributed by atoms with Crippen molar-refractivity contribution in [2.45, 2.75) is 32.4 Å². The second-order valence-corrected chi connectivity index (χ2v) is 9.64. The summed E-state index contributed by atoms with van der Waals surface area (Å²) in [6, 6.07) is 18.8. The number of hydrogen-bond acceptors (Lipinski definition) is 6. The molecule has 32 heavy (non-hydrogen) atoms. The number of amides is 1. The lowest BCUT2D eigenvalue weighted by atomic mass is 10.1. The van der Waals surface area contributed by atoms with E-state index in [1.54, 1.807) is 11.3 Å². The van der Waals surface area contributed by atoms with Gasteiger partial charge in [-0.05, 0) is 32.4 Å². The maximum absolute atomic E-state index is 13.2. The van der Waals surface area contributed by atoms with Crippen molar-refractivity contribution in [2.24, 2.45) is 0 Å². The first kappa shape index (κ1) is 21.1. The number of aryl methyl sites for hydroxylation is 2. The number of benzene rings is 2. The Morgan fingerprint density at radius 1 is 0.969 bits per heavy atom. The van der Waals surface area contributed by atoms with E-state index in [-0.39, 0.29) is 18.0 Å². The minimum absolute atomic E-state index is 0.103. The summed E-state index contributed by atoms with van der Waals surface area (Å²) in [6.07, 6.45) is 0.744. The quantitative estimate of drug-likeness (QED) is 0.639. The fraction of sp³-hybridized carbons (Fsp3) is 0.360. The molecule has 5 rings (SSSR count). The Balaban J connectivity index is 1.20. The summed E-state index contributed by atoms with van der Waals surface area (Å²) in [7, 11) is 0. The zero-order valence-corrected chi connectivity index (χ0v) is 19.4. The molecule has 0 aliphatic carbocycles. The molecule has 166 valence electrons. The SMILES string of the molecule is Cc1ccc(-c2nc(C)c(C3CC(C(=O)N4CCN(c5ccccc5)CC4)NN3)s2)cc1. The number of hydrogen-bond donors (Lipinski definition) is 2. The number of thiazole rings is 1. The second kappa shape index (κ2) is 9.02. The van der Waals surface area contributed by atoms with Crippen LogP contribution in [0.25, 0.3) is 10.6 Å². The molecule has 2 aromatic carbocycles. The Morgan fingerprint density at radius 2 is 1.69 bits per heavy atom. The number of hydrazine groups is 1. The zero-order chi connectivity index (χ0) is 22.1. The van der Waals surface area contributed by atoms with Crippen LogP contribution in [-0.2, 0) is 4.79 Å². The summed E-state index contributed by atoms with van der Waals surface area (Å²) in [6.45, 7) is 7.40. The van der Waals surface area contributed by atoms with Gasteiger partial charge in [0.15, 0.2) is 0 Å². The zero-order valence-electron chi connectivity index (χ0n) is 18.5. The third-order valence-corrected chi connectivity index (χ3v) is 7.68. The standard InChI is InChI=1S/C25H29N5OS/c1-17-8-10-19(11-9-17)24-26-18(2)23(32-24)21-16-22(28-27-21)25(31)30-14-12-29(13-15-30)20-6-4-3-5-7-20/h3-11,21-22,27-28H,12-16H2,1-2H3. The van der Waals surface area contributed by atoms with Gasteiger partial charge in [-0.1, -0.05) is 48.0 Å². The van der Waals surface area contributed by atoms with Crippen molar-refractivity contribution in [1.29, 1.82) is 0 Å². The monoisotopic (exact) mass is 447 g/mol. The Morgan fingerprint density at radius 3 is 2.41 bits per heavy atom. The van der Waals surface area contributed by atoms with Crippen molar-refractivity contribution in [3.8, 4) is 10.6 Å². The second-order valence-electron chi connectivity index (χ2n) is 8.61. The van der Waals surface area contributed by atoms with Gasteiger partial charge in [0.25, 0.3) is 0 Å². The predicted octanol–water partition coefficient (Wildman–Crippen LogP) is 3.68. The summed E-state index contributed by atoms with van der Waals surface area (Å²) < 4.78 is 0. The van der Waals surface area contributed by atoms with Crippen molar-refractivity contribution >= 4 is 22.9 Å². The van der Waals surface area contributed by atoms with Crippen LogP contribution in [-0.4, -0.2) is 48.0 Å². The third kappa shape index (κ3) is 4.28. The van der Waals surface area contributed by atoms with Gasteiger partial charge in [-0.2, -0.15) is 0 Å². The molecule has 3 aromatic rings. The Labute approximate surface area is 193 Å². The number of carbonyl (C=O) groups excluding carboxylic acids is 1. The van der Waals surface area contributed by atoms with Gasteiger partial charge in [0, 0.05) is 42.3 Å². The van der Waals surface area contributed by atoms with Crippen LogP contribution in [0.15, 0.2) is 54.6 Å². The van der Waals surface area contributed by atoms with Crippen molar-refractivity contribution in [3.05, 3.63) is 70.7 Å². The molecular weight excluding hydrogens is 418 g/mol. The van der Waals surface area contributed by atoms with Gasteiger partial charge >= 0.3 is 0 Å². The van der Waals surface area contributed by atoms with E-state index in [1.165, 1.54) is 16.1 Å². The number of nitrogens with zero attached hydrogens (tertiary/aromatic N) is 3. The molecule has 0 bridgehead atoms. The molecule has 0 spiro atoms. The highest BCUT2D eigenvalue weighted by molar-refractivity contribution is 7.15. The number of rotatable bonds is 4. The largest absolute Gasteiger partial charge is 0.368 e. The number of carbonyl (C=O) groups is 1. The lowest BCUT2D eigenvalue weighted by Crippen LogP contribution is -2.53. The number of nitrogens with one attached hydrogen (secondary N) is 2. The molecule has 2 atom stereocenters. The number of para-hydroxylation sites is 1. The molecule has 2 saturated heterocycles. The molecule has 2 N–H and O–H groups in total. The maximum Gasteiger partial charge on any atom is 0.241 e. The van der Waals surface area contributed by atoms with Crippen LogP contribution in [0, 0.1) is 13.8 Å². The van der Waals surface area contributed by atoms with E-state index in [9.17, 15) is 4.79 Å². The minimum Gasteiger partial charge on any atom is -0.368 e. The van der Waals surface area contributed by atoms with Gasteiger partial charge in [0.05, 0.1) is 11.7 Å². The molecule has 0 saturated carbocycles. The molecule has 1 aromatic heterocycles. The molecule has 0 radical (unpaired) electrons.